The largest absolute Gasteiger partial charge is 0.316 e. The van der Waals surface area contributed by atoms with Crippen molar-refractivity contribution in [3.05, 3.63) is 35.4 Å². The highest BCUT2D eigenvalue weighted by molar-refractivity contribution is 5.27. The average Bonchev–Trinajstić information content (AvgIpc) is 2.17. The lowest BCUT2D eigenvalue weighted by molar-refractivity contribution is 0.762. The Balaban J connectivity index is 2.66. The van der Waals surface area contributed by atoms with Gasteiger partial charge >= 0.3 is 0 Å². The highest BCUT2D eigenvalue weighted by Crippen LogP contribution is 2.11. The summed E-state index contributed by atoms with van der Waals surface area (Å²) < 4.78 is 0. The molecular formula is C12H19N. The van der Waals surface area contributed by atoms with Gasteiger partial charge in [-0.05, 0) is 31.0 Å². The summed E-state index contributed by atoms with van der Waals surface area (Å²) in [6, 6.07) is 8.69. The second-order valence-corrected chi connectivity index (χ2v) is 3.40. The predicted molar refractivity (Wildman–Crippen MR) is 57.8 cm³/mol. The van der Waals surface area contributed by atoms with E-state index in [1.807, 2.05) is 7.05 Å². The number of nitrogens with one attached hydrogen (secondary N) is 1. The van der Waals surface area contributed by atoms with Crippen LogP contribution in [-0.4, -0.2) is 7.05 Å². The lowest BCUT2D eigenvalue weighted by atomic mass is 10.0. The van der Waals surface area contributed by atoms with Crippen molar-refractivity contribution in [2.45, 2.75) is 32.7 Å². The first-order chi connectivity index (χ1) is 6.38. The SMILES string of the molecule is CCCCc1ccccc1CNC. The Labute approximate surface area is 81.2 Å². The topological polar surface area (TPSA) is 12.0 Å². The fourth-order valence-corrected chi connectivity index (χ4v) is 1.53. The van der Waals surface area contributed by atoms with E-state index in [9.17, 15) is 0 Å². The maximum absolute atomic E-state index is 3.20. The first-order valence-corrected chi connectivity index (χ1v) is 5.10. The third kappa shape index (κ3) is 3.19. The monoisotopic (exact) mass is 177 g/mol. The van der Waals surface area contributed by atoms with Gasteiger partial charge < -0.3 is 5.32 Å². The van der Waals surface area contributed by atoms with Crippen LogP contribution in [0.4, 0.5) is 0 Å². The molecule has 0 saturated carbocycles. The van der Waals surface area contributed by atoms with Crippen molar-refractivity contribution < 1.29 is 0 Å². The van der Waals surface area contributed by atoms with E-state index < -0.39 is 0 Å². The summed E-state index contributed by atoms with van der Waals surface area (Å²) in [7, 11) is 2.00. The average molecular weight is 177 g/mol. The molecule has 72 valence electrons. The molecule has 0 spiro atoms. The Morgan fingerprint density at radius 1 is 1.15 bits per heavy atom. The molecule has 0 radical (unpaired) electrons. The molecule has 1 N–H and O–H groups in total. The molecule has 0 aliphatic heterocycles. The highest BCUT2D eigenvalue weighted by atomic mass is 14.8. The van der Waals surface area contributed by atoms with Gasteiger partial charge in [-0.25, -0.2) is 0 Å². The minimum Gasteiger partial charge on any atom is -0.316 e. The summed E-state index contributed by atoms with van der Waals surface area (Å²) in [6.07, 6.45) is 3.78. The van der Waals surface area contributed by atoms with Gasteiger partial charge in [0.05, 0.1) is 0 Å². The van der Waals surface area contributed by atoms with E-state index in [1.54, 1.807) is 0 Å². The zero-order chi connectivity index (χ0) is 9.52. The maximum Gasteiger partial charge on any atom is 0.0205 e. The lowest BCUT2D eigenvalue weighted by Gasteiger charge is -2.07. The number of unbranched alkanes of at least 4 members (excludes halogenated alkanes) is 1. The van der Waals surface area contributed by atoms with E-state index in [1.165, 1.54) is 30.4 Å². The van der Waals surface area contributed by atoms with Gasteiger partial charge in [-0.1, -0.05) is 37.6 Å². The molecule has 0 bridgehead atoms. The first-order valence-electron chi connectivity index (χ1n) is 5.10. The Morgan fingerprint density at radius 2 is 1.85 bits per heavy atom. The molecule has 0 aromatic heterocycles. The van der Waals surface area contributed by atoms with Crippen LogP contribution in [0.25, 0.3) is 0 Å². The lowest BCUT2D eigenvalue weighted by Crippen LogP contribution is -2.07. The van der Waals surface area contributed by atoms with Crippen molar-refractivity contribution in [1.29, 1.82) is 0 Å². The van der Waals surface area contributed by atoms with Gasteiger partial charge in [0.25, 0.3) is 0 Å². The van der Waals surface area contributed by atoms with E-state index in [-0.39, 0.29) is 0 Å². The molecule has 0 aliphatic carbocycles. The smallest absolute Gasteiger partial charge is 0.0205 e. The minimum absolute atomic E-state index is 0.986. The second kappa shape index (κ2) is 5.76. The molecule has 1 rings (SSSR count). The van der Waals surface area contributed by atoms with Gasteiger partial charge in [-0.3, -0.25) is 0 Å². The summed E-state index contributed by atoms with van der Waals surface area (Å²) >= 11 is 0. The molecule has 0 saturated heterocycles. The van der Waals surface area contributed by atoms with Gasteiger partial charge in [0.15, 0.2) is 0 Å². The van der Waals surface area contributed by atoms with Crippen molar-refractivity contribution in [3.63, 3.8) is 0 Å². The molecular weight excluding hydrogens is 158 g/mol. The number of aryl methyl sites for hydroxylation is 1. The maximum atomic E-state index is 3.20. The van der Waals surface area contributed by atoms with Crippen LogP contribution in [0.15, 0.2) is 24.3 Å². The summed E-state index contributed by atoms with van der Waals surface area (Å²) in [4.78, 5) is 0. The Morgan fingerprint density at radius 3 is 2.46 bits per heavy atom. The fourth-order valence-electron chi connectivity index (χ4n) is 1.53. The molecule has 0 fully saturated rings. The Kier molecular flexibility index (Phi) is 4.55. The number of rotatable bonds is 5. The van der Waals surface area contributed by atoms with Crippen LogP contribution >= 0.6 is 0 Å². The summed E-state index contributed by atoms with van der Waals surface area (Å²) in [5.41, 5.74) is 2.94. The zero-order valence-electron chi connectivity index (χ0n) is 8.64. The molecule has 0 unspecified atom stereocenters. The molecule has 0 atom stereocenters. The Bertz CT molecular complexity index is 243. The van der Waals surface area contributed by atoms with Crippen molar-refractivity contribution in [2.24, 2.45) is 0 Å². The molecule has 1 nitrogen and oxygen atoms in total. The number of hydrogen-bond donors (Lipinski definition) is 1. The van der Waals surface area contributed by atoms with E-state index in [0.717, 1.165) is 6.54 Å². The standard InChI is InChI=1S/C12H19N/c1-3-4-7-11-8-5-6-9-12(11)10-13-2/h5-6,8-9,13H,3-4,7,10H2,1-2H3. The fraction of sp³-hybridized carbons (Fsp3) is 0.500. The normalized spacial score (nSPS) is 10.3. The van der Waals surface area contributed by atoms with E-state index in [2.05, 4.69) is 36.5 Å². The van der Waals surface area contributed by atoms with Crippen LogP contribution in [0.5, 0.6) is 0 Å². The number of hydrogen-bond acceptors (Lipinski definition) is 1. The van der Waals surface area contributed by atoms with Crippen LogP contribution in [0.2, 0.25) is 0 Å². The molecule has 0 aliphatic rings. The van der Waals surface area contributed by atoms with Crippen LogP contribution in [0, 0.1) is 0 Å². The highest BCUT2D eigenvalue weighted by Gasteiger charge is 1.98. The van der Waals surface area contributed by atoms with Gasteiger partial charge in [0.1, 0.15) is 0 Å². The quantitative estimate of drug-likeness (QED) is 0.729. The summed E-state index contributed by atoms with van der Waals surface area (Å²) in [5.74, 6) is 0. The third-order valence-electron chi connectivity index (χ3n) is 2.29. The second-order valence-electron chi connectivity index (χ2n) is 3.40. The van der Waals surface area contributed by atoms with E-state index in [4.69, 9.17) is 0 Å². The van der Waals surface area contributed by atoms with Gasteiger partial charge in [0, 0.05) is 6.54 Å². The van der Waals surface area contributed by atoms with Gasteiger partial charge in [0.2, 0.25) is 0 Å². The zero-order valence-corrected chi connectivity index (χ0v) is 8.64. The van der Waals surface area contributed by atoms with Crippen LogP contribution in [0.3, 0.4) is 0 Å². The molecule has 13 heavy (non-hydrogen) atoms. The van der Waals surface area contributed by atoms with E-state index >= 15 is 0 Å². The third-order valence-corrected chi connectivity index (χ3v) is 2.29. The van der Waals surface area contributed by atoms with Crippen LogP contribution < -0.4 is 5.32 Å². The number of benzene rings is 1. The molecule has 0 heterocycles. The van der Waals surface area contributed by atoms with Crippen molar-refractivity contribution >= 4 is 0 Å². The van der Waals surface area contributed by atoms with Crippen molar-refractivity contribution in [3.8, 4) is 0 Å². The molecule has 1 heteroatoms. The van der Waals surface area contributed by atoms with Crippen molar-refractivity contribution in [2.75, 3.05) is 7.05 Å². The predicted octanol–water partition coefficient (Wildman–Crippen LogP) is 2.75. The van der Waals surface area contributed by atoms with E-state index in [0.29, 0.717) is 0 Å². The summed E-state index contributed by atoms with van der Waals surface area (Å²) in [6.45, 7) is 3.22. The minimum atomic E-state index is 0.986. The van der Waals surface area contributed by atoms with Gasteiger partial charge in [-0.15, -0.1) is 0 Å². The summed E-state index contributed by atoms with van der Waals surface area (Å²) in [5, 5.41) is 3.20. The first kappa shape index (κ1) is 10.3. The van der Waals surface area contributed by atoms with Crippen LogP contribution in [-0.2, 0) is 13.0 Å². The van der Waals surface area contributed by atoms with Crippen molar-refractivity contribution in [1.82, 2.24) is 5.32 Å². The van der Waals surface area contributed by atoms with Crippen LogP contribution in [0.1, 0.15) is 30.9 Å². The van der Waals surface area contributed by atoms with Gasteiger partial charge in [-0.2, -0.15) is 0 Å². The molecule has 1 aromatic rings. The molecule has 1 aromatic carbocycles. The molecule has 0 amide bonds. The Hall–Kier alpha value is -0.820.